The maximum absolute atomic E-state index is 11.5. The van der Waals surface area contributed by atoms with Crippen LogP contribution in [0.1, 0.15) is 22.8 Å². The van der Waals surface area contributed by atoms with E-state index in [0.29, 0.717) is 10.6 Å². The fraction of sp³-hybridized carbons (Fsp3) is 0.182. The molecule has 13 heavy (non-hydrogen) atoms. The smallest absolute Gasteiger partial charge is 0.187 e. The highest BCUT2D eigenvalue weighted by Gasteiger charge is 2.09. The zero-order valence-electron chi connectivity index (χ0n) is 7.67. The number of aryl methyl sites for hydroxylation is 1. The molecule has 0 saturated carbocycles. The van der Waals surface area contributed by atoms with Gasteiger partial charge in [-0.15, -0.1) is 0 Å². The predicted molar refractivity (Wildman–Crippen MR) is 55.3 cm³/mol. The van der Waals surface area contributed by atoms with Gasteiger partial charge in [0.2, 0.25) is 0 Å². The maximum Gasteiger partial charge on any atom is 0.187 e. The van der Waals surface area contributed by atoms with E-state index in [2.05, 4.69) is 0 Å². The number of rotatable bonds is 2. The summed E-state index contributed by atoms with van der Waals surface area (Å²) in [6.45, 7) is 3.69. The molecule has 0 atom stereocenters. The van der Waals surface area contributed by atoms with Crippen LogP contribution < -0.4 is 0 Å². The van der Waals surface area contributed by atoms with E-state index in [9.17, 15) is 4.79 Å². The van der Waals surface area contributed by atoms with Gasteiger partial charge in [-0.1, -0.05) is 29.8 Å². The quantitative estimate of drug-likeness (QED) is 0.521. The van der Waals surface area contributed by atoms with Crippen LogP contribution in [-0.2, 0) is 0 Å². The Balaban J connectivity index is 3.20. The van der Waals surface area contributed by atoms with Gasteiger partial charge in [-0.3, -0.25) is 4.79 Å². The third-order valence-electron chi connectivity index (χ3n) is 1.79. The Bertz CT molecular complexity index is 333. The van der Waals surface area contributed by atoms with Gasteiger partial charge in [0.25, 0.3) is 0 Å². The minimum Gasteiger partial charge on any atom is -0.289 e. The van der Waals surface area contributed by atoms with Crippen molar-refractivity contribution in [2.75, 3.05) is 0 Å². The van der Waals surface area contributed by atoms with Crippen molar-refractivity contribution < 1.29 is 4.79 Å². The molecule has 0 saturated heterocycles. The number of hydrogen-bond acceptors (Lipinski definition) is 1. The van der Waals surface area contributed by atoms with Crippen LogP contribution in [0, 0.1) is 6.92 Å². The summed E-state index contributed by atoms with van der Waals surface area (Å²) in [5.41, 5.74) is 1.51. The molecule has 0 spiro atoms. The highest BCUT2D eigenvalue weighted by molar-refractivity contribution is 6.34. The maximum atomic E-state index is 11.5. The fourth-order valence-electron chi connectivity index (χ4n) is 1.18. The summed E-state index contributed by atoms with van der Waals surface area (Å²) in [6, 6.07) is 5.44. The van der Waals surface area contributed by atoms with Crippen LogP contribution in [-0.4, -0.2) is 5.78 Å². The lowest BCUT2D eigenvalue weighted by Crippen LogP contribution is -1.98. The molecule has 1 rings (SSSR count). The standard InChI is InChI=1S/C11H11ClO/c1-3-5-10(13)11-8(2)6-4-7-9(11)12/h3-7H,1-2H3/b5-3+. The summed E-state index contributed by atoms with van der Waals surface area (Å²) < 4.78 is 0. The summed E-state index contributed by atoms with van der Waals surface area (Å²) in [5.74, 6) is -0.0365. The van der Waals surface area contributed by atoms with E-state index < -0.39 is 0 Å². The van der Waals surface area contributed by atoms with Crippen molar-refractivity contribution in [2.45, 2.75) is 13.8 Å². The van der Waals surface area contributed by atoms with Crippen molar-refractivity contribution in [1.82, 2.24) is 0 Å². The number of carbonyl (C=O) groups excluding carboxylic acids is 1. The number of halogens is 1. The molecule has 0 aliphatic rings. The largest absolute Gasteiger partial charge is 0.289 e. The summed E-state index contributed by atoms with van der Waals surface area (Å²) in [4.78, 5) is 11.5. The monoisotopic (exact) mass is 194 g/mol. The molecule has 0 unspecified atom stereocenters. The van der Waals surface area contributed by atoms with Crippen LogP contribution in [0.4, 0.5) is 0 Å². The Hall–Kier alpha value is -1.08. The second-order valence-electron chi connectivity index (χ2n) is 2.80. The molecule has 0 aliphatic carbocycles. The molecule has 0 N–H and O–H groups in total. The summed E-state index contributed by atoms with van der Waals surface area (Å²) in [5, 5.41) is 0.517. The second kappa shape index (κ2) is 4.24. The third-order valence-corrected chi connectivity index (χ3v) is 2.10. The minimum atomic E-state index is -0.0365. The van der Waals surface area contributed by atoms with E-state index in [1.807, 2.05) is 26.0 Å². The summed E-state index contributed by atoms with van der Waals surface area (Å²) >= 11 is 5.91. The Morgan fingerprint density at radius 1 is 1.46 bits per heavy atom. The number of ketones is 1. The first-order valence-corrected chi connectivity index (χ1v) is 4.46. The van der Waals surface area contributed by atoms with Gasteiger partial charge in [-0.2, -0.15) is 0 Å². The van der Waals surface area contributed by atoms with Crippen LogP contribution in [0.3, 0.4) is 0 Å². The van der Waals surface area contributed by atoms with Gasteiger partial charge >= 0.3 is 0 Å². The number of benzene rings is 1. The summed E-state index contributed by atoms with van der Waals surface area (Å²) in [7, 11) is 0. The van der Waals surface area contributed by atoms with Crippen LogP contribution in [0.5, 0.6) is 0 Å². The van der Waals surface area contributed by atoms with Crippen molar-refractivity contribution in [2.24, 2.45) is 0 Å². The van der Waals surface area contributed by atoms with Crippen LogP contribution in [0.2, 0.25) is 5.02 Å². The molecule has 0 heterocycles. The normalized spacial score (nSPS) is 10.7. The number of carbonyl (C=O) groups is 1. The Morgan fingerprint density at radius 3 is 2.69 bits per heavy atom. The van der Waals surface area contributed by atoms with E-state index in [0.717, 1.165) is 5.56 Å². The first-order chi connectivity index (χ1) is 6.16. The molecule has 0 radical (unpaired) electrons. The Labute approximate surface area is 83.0 Å². The molecule has 1 nitrogen and oxygen atoms in total. The Morgan fingerprint density at radius 2 is 2.15 bits per heavy atom. The zero-order valence-corrected chi connectivity index (χ0v) is 8.43. The van der Waals surface area contributed by atoms with Gasteiger partial charge in [-0.25, -0.2) is 0 Å². The molecule has 1 aromatic rings. The molecule has 68 valence electrons. The Kier molecular flexibility index (Phi) is 3.26. The first kappa shape index (κ1) is 10.0. The SMILES string of the molecule is C/C=C/C(=O)c1c(C)cccc1Cl. The first-order valence-electron chi connectivity index (χ1n) is 4.09. The van der Waals surface area contributed by atoms with E-state index in [-0.39, 0.29) is 5.78 Å². The lowest BCUT2D eigenvalue weighted by Gasteiger charge is -2.03. The van der Waals surface area contributed by atoms with Gasteiger partial charge < -0.3 is 0 Å². The summed E-state index contributed by atoms with van der Waals surface area (Å²) in [6.07, 6.45) is 3.24. The zero-order chi connectivity index (χ0) is 9.84. The average molecular weight is 195 g/mol. The molecule has 2 heteroatoms. The van der Waals surface area contributed by atoms with Gasteiger partial charge in [0, 0.05) is 5.56 Å². The lowest BCUT2D eigenvalue weighted by molar-refractivity contribution is 0.104. The molecule has 0 aliphatic heterocycles. The van der Waals surface area contributed by atoms with Crippen molar-refractivity contribution in [3.8, 4) is 0 Å². The third kappa shape index (κ3) is 2.19. The molecular formula is C11H11ClO. The van der Waals surface area contributed by atoms with E-state index in [1.54, 1.807) is 12.1 Å². The molecule has 0 fully saturated rings. The van der Waals surface area contributed by atoms with Gasteiger partial charge in [0.05, 0.1) is 5.02 Å². The van der Waals surface area contributed by atoms with Crippen molar-refractivity contribution in [3.05, 3.63) is 46.5 Å². The second-order valence-corrected chi connectivity index (χ2v) is 3.20. The minimum absolute atomic E-state index is 0.0365. The van der Waals surface area contributed by atoms with Crippen LogP contribution in [0.15, 0.2) is 30.4 Å². The molecular weight excluding hydrogens is 184 g/mol. The lowest BCUT2D eigenvalue weighted by atomic mass is 10.0. The molecule has 0 aromatic heterocycles. The van der Waals surface area contributed by atoms with Gasteiger partial charge in [-0.05, 0) is 31.6 Å². The molecule has 1 aromatic carbocycles. The van der Waals surface area contributed by atoms with E-state index >= 15 is 0 Å². The molecule has 0 bridgehead atoms. The molecule has 0 amide bonds. The van der Waals surface area contributed by atoms with E-state index in [4.69, 9.17) is 11.6 Å². The topological polar surface area (TPSA) is 17.1 Å². The fourth-order valence-corrected chi connectivity index (χ4v) is 1.49. The average Bonchev–Trinajstić information content (AvgIpc) is 2.04. The highest BCUT2D eigenvalue weighted by atomic mass is 35.5. The van der Waals surface area contributed by atoms with Crippen LogP contribution >= 0.6 is 11.6 Å². The van der Waals surface area contributed by atoms with E-state index in [1.165, 1.54) is 6.08 Å². The highest BCUT2D eigenvalue weighted by Crippen LogP contribution is 2.20. The van der Waals surface area contributed by atoms with Crippen molar-refractivity contribution in [1.29, 1.82) is 0 Å². The van der Waals surface area contributed by atoms with Crippen LogP contribution in [0.25, 0.3) is 0 Å². The van der Waals surface area contributed by atoms with Crippen molar-refractivity contribution >= 4 is 17.4 Å². The predicted octanol–water partition coefficient (Wildman–Crippen LogP) is 3.41. The van der Waals surface area contributed by atoms with Gasteiger partial charge in [0.15, 0.2) is 5.78 Å². The number of hydrogen-bond donors (Lipinski definition) is 0. The number of allylic oxidation sites excluding steroid dienone is 2. The van der Waals surface area contributed by atoms with Crippen molar-refractivity contribution in [3.63, 3.8) is 0 Å². The van der Waals surface area contributed by atoms with Gasteiger partial charge in [0.1, 0.15) is 0 Å².